The number of anilines is 1. The Morgan fingerprint density at radius 1 is 0.957 bits per heavy atom. The molecule has 0 fully saturated rings. The van der Waals surface area contributed by atoms with Gasteiger partial charge < -0.3 is 5.73 Å². The van der Waals surface area contributed by atoms with Crippen molar-refractivity contribution in [2.45, 2.75) is 18.7 Å². The van der Waals surface area contributed by atoms with Gasteiger partial charge in [0.1, 0.15) is 0 Å². The second-order valence-electron chi connectivity index (χ2n) is 5.53. The average molecular weight is 328 g/mol. The fourth-order valence-corrected chi connectivity index (χ4v) is 3.95. The van der Waals surface area contributed by atoms with Crippen LogP contribution in [0.3, 0.4) is 0 Å². The molecule has 0 spiro atoms. The van der Waals surface area contributed by atoms with Crippen molar-refractivity contribution in [2.75, 3.05) is 5.73 Å². The Labute approximate surface area is 134 Å². The monoisotopic (exact) mass is 328 g/mol. The van der Waals surface area contributed by atoms with Gasteiger partial charge in [-0.05, 0) is 49.6 Å². The van der Waals surface area contributed by atoms with Crippen LogP contribution in [0.15, 0.2) is 58.2 Å². The first-order valence-electron chi connectivity index (χ1n) is 7.05. The van der Waals surface area contributed by atoms with E-state index in [9.17, 15) is 13.2 Å². The van der Waals surface area contributed by atoms with Crippen molar-refractivity contribution in [1.29, 1.82) is 0 Å². The smallest absolute Gasteiger partial charge is 0.271 e. The molecule has 3 aromatic rings. The highest BCUT2D eigenvalue weighted by Gasteiger charge is 2.22. The van der Waals surface area contributed by atoms with Crippen LogP contribution in [0.5, 0.6) is 0 Å². The van der Waals surface area contributed by atoms with E-state index in [1.165, 1.54) is 18.2 Å². The highest BCUT2D eigenvalue weighted by atomic mass is 32.2. The largest absolute Gasteiger partial charge is 0.399 e. The van der Waals surface area contributed by atoms with Gasteiger partial charge in [-0.3, -0.25) is 4.79 Å². The maximum Gasteiger partial charge on any atom is 0.271 e. The van der Waals surface area contributed by atoms with Crippen LogP contribution in [0.2, 0.25) is 0 Å². The van der Waals surface area contributed by atoms with Crippen LogP contribution < -0.4 is 11.3 Å². The Hall–Kier alpha value is -2.60. The molecular weight excluding hydrogens is 312 g/mol. The summed E-state index contributed by atoms with van der Waals surface area (Å²) in [6.07, 6.45) is 0. The SMILES string of the molecule is Cc1ccc(S(=O)(=O)n2c(=O)c(C)cc3ccc(N)cc32)cc1. The number of hydrogen-bond donors (Lipinski definition) is 1. The predicted molar refractivity (Wildman–Crippen MR) is 91.1 cm³/mol. The zero-order valence-corrected chi connectivity index (χ0v) is 13.6. The summed E-state index contributed by atoms with van der Waals surface area (Å²) in [6.45, 7) is 3.46. The van der Waals surface area contributed by atoms with Crippen LogP contribution in [0.1, 0.15) is 11.1 Å². The van der Waals surface area contributed by atoms with Gasteiger partial charge in [-0.2, -0.15) is 3.97 Å². The molecule has 118 valence electrons. The van der Waals surface area contributed by atoms with E-state index >= 15 is 0 Å². The quantitative estimate of drug-likeness (QED) is 0.733. The Morgan fingerprint density at radius 2 is 1.61 bits per heavy atom. The summed E-state index contributed by atoms with van der Waals surface area (Å²) in [5.74, 6) is 0. The molecule has 0 saturated heterocycles. The number of hydrogen-bond acceptors (Lipinski definition) is 4. The van der Waals surface area contributed by atoms with E-state index in [2.05, 4.69) is 0 Å². The van der Waals surface area contributed by atoms with Crippen LogP contribution in [-0.2, 0) is 10.0 Å². The molecule has 0 bridgehead atoms. The first-order chi connectivity index (χ1) is 10.8. The molecule has 2 aromatic carbocycles. The molecule has 0 unspecified atom stereocenters. The number of aromatic nitrogens is 1. The van der Waals surface area contributed by atoms with E-state index in [1.807, 2.05) is 6.92 Å². The standard InChI is InChI=1S/C17H16N2O3S/c1-11-3-7-15(8-4-11)23(21,22)19-16-10-14(18)6-5-13(16)9-12(2)17(19)20/h3-10H,18H2,1-2H3. The minimum Gasteiger partial charge on any atom is -0.399 e. The number of fused-ring (bicyclic) bond motifs is 1. The minimum atomic E-state index is -4.00. The highest BCUT2D eigenvalue weighted by molar-refractivity contribution is 7.90. The lowest BCUT2D eigenvalue weighted by Gasteiger charge is -2.13. The van der Waals surface area contributed by atoms with Crippen LogP contribution in [0.25, 0.3) is 10.9 Å². The van der Waals surface area contributed by atoms with Crippen LogP contribution in [0, 0.1) is 13.8 Å². The normalized spacial score (nSPS) is 11.7. The molecule has 1 heterocycles. The van der Waals surface area contributed by atoms with E-state index in [0.29, 0.717) is 16.6 Å². The van der Waals surface area contributed by atoms with Gasteiger partial charge >= 0.3 is 0 Å². The molecule has 0 atom stereocenters. The summed E-state index contributed by atoms with van der Waals surface area (Å²) >= 11 is 0. The number of pyridine rings is 1. The molecule has 5 nitrogen and oxygen atoms in total. The second kappa shape index (κ2) is 5.24. The van der Waals surface area contributed by atoms with E-state index in [4.69, 9.17) is 5.73 Å². The number of benzene rings is 2. The molecular formula is C17H16N2O3S. The van der Waals surface area contributed by atoms with Crippen molar-refractivity contribution in [3.63, 3.8) is 0 Å². The first kappa shape index (κ1) is 15.3. The number of nitrogens with two attached hydrogens (primary N) is 1. The highest BCUT2D eigenvalue weighted by Crippen LogP contribution is 2.22. The Morgan fingerprint density at radius 3 is 2.26 bits per heavy atom. The Balaban J connectivity index is 2.43. The summed E-state index contributed by atoms with van der Waals surface area (Å²) in [6, 6.07) is 12.9. The molecule has 0 aliphatic carbocycles. The van der Waals surface area contributed by atoms with E-state index < -0.39 is 15.6 Å². The van der Waals surface area contributed by atoms with Gasteiger partial charge in [0.2, 0.25) is 0 Å². The molecule has 0 amide bonds. The van der Waals surface area contributed by atoms with Gasteiger partial charge in [-0.1, -0.05) is 23.8 Å². The van der Waals surface area contributed by atoms with Gasteiger partial charge in [-0.25, -0.2) is 8.42 Å². The van der Waals surface area contributed by atoms with Gasteiger partial charge in [-0.15, -0.1) is 0 Å². The van der Waals surface area contributed by atoms with Gasteiger partial charge in [0.15, 0.2) is 0 Å². The molecule has 0 aliphatic rings. The summed E-state index contributed by atoms with van der Waals surface area (Å²) in [5.41, 5.74) is 7.18. The van der Waals surface area contributed by atoms with Gasteiger partial charge in [0, 0.05) is 11.3 Å². The topological polar surface area (TPSA) is 82.2 Å². The van der Waals surface area contributed by atoms with Crippen LogP contribution in [0.4, 0.5) is 5.69 Å². The molecule has 6 heteroatoms. The predicted octanol–water partition coefficient (Wildman–Crippen LogP) is 2.44. The van der Waals surface area contributed by atoms with Crippen molar-refractivity contribution in [2.24, 2.45) is 0 Å². The van der Waals surface area contributed by atoms with Gasteiger partial charge in [0.05, 0.1) is 10.4 Å². The lowest BCUT2D eigenvalue weighted by atomic mass is 10.1. The molecule has 0 aliphatic heterocycles. The number of aryl methyl sites for hydroxylation is 2. The number of rotatable bonds is 2. The zero-order chi connectivity index (χ0) is 16.8. The third-order valence-corrected chi connectivity index (χ3v) is 5.44. The van der Waals surface area contributed by atoms with Crippen molar-refractivity contribution >= 4 is 26.6 Å². The minimum absolute atomic E-state index is 0.0690. The Bertz CT molecular complexity index is 1070. The maximum absolute atomic E-state index is 13.0. The molecule has 0 radical (unpaired) electrons. The molecule has 0 saturated carbocycles. The van der Waals surface area contributed by atoms with Crippen LogP contribution >= 0.6 is 0 Å². The summed E-state index contributed by atoms with van der Waals surface area (Å²) in [5, 5.41) is 0.645. The number of nitrogens with zero attached hydrogens (tertiary/aromatic N) is 1. The lowest BCUT2D eigenvalue weighted by molar-refractivity contribution is 0.587. The van der Waals surface area contributed by atoms with Crippen molar-refractivity contribution < 1.29 is 8.42 Å². The van der Waals surface area contributed by atoms with E-state index in [1.54, 1.807) is 37.3 Å². The summed E-state index contributed by atoms with van der Waals surface area (Å²) < 4.78 is 26.8. The third-order valence-electron chi connectivity index (χ3n) is 3.73. The lowest BCUT2D eigenvalue weighted by Crippen LogP contribution is -2.29. The van der Waals surface area contributed by atoms with Crippen LogP contribution in [-0.4, -0.2) is 12.4 Å². The van der Waals surface area contributed by atoms with Crippen molar-refractivity contribution in [3.8, 4) is 0 Å². The molecule has 23 heavy (non-hydrogen) atoms. The third kappa shape index (κ3) is 2.51. The summed E-state index contributed by atoms with van der Waals surface area (Å²) in [4.78, 5) is 12.6. The van der Waals surface area contributed by atoms with Gasteiger partial charge in [0.25, 0.3) is 15.6 Å². The van der Waals surface area contributed by atoms with E-state index in [0.717, 1.165) is 9.54 Å². The second-order valence-corrected chi connectivity index (χ2v) is 7.32. The van der Waals surface area contributed by atoms with Crippen molar-refractivity contribution in [1.82, 2.24) is 3.97 Å². The summed E-state index contributed by atoms with van der Waals surface area (Å²) in [7, 11) is -4.00. The Kier molecular flexibility index (Phi) is 3.49. The number of nitrogen functional groups attached to an aromatic ring is 1. The van der Waals surface area contributed by atoms with Crippen molar-refractivity contribution in [3.05, 3.63) is 70.0 Å². The van der Waals surface area contributed by atoms with E-state index in [-0.39, 0.29) is 10.4 Å². The fourth-order valence-electron chi connectivity index (χ4n) is 2.48. The molecule has 2 N–H and O–H groups in total. The zero-order valence-electron chi connectivity index (χ0n) is 12.8. The first-order valence-corrected chi connectivity index (χ1v) is 8.49. The fraction of sp³-hybridized carbons (Fsp3) is 0.118. The maximum atomic E-state index is 13.0. The molecule has 3 rings (SSSR count). The molecule has 1 aromatic heterocycles. The average Bonchev–Trinajstić information content (AvgIpc) is 2.49.